The van der Waals surface area contributed by atoms with Crippen LogP contribution in [0, 0.1) is 3.57 Å². The second-order valence-corrected chi connectivity index (χ2v) is 5.07. The summed E-state index contributed by atoms with van der Waals surface area (Å²) in [5, 5.41) is 23.7. The van der Waals surface area contributed by atoms with E-state index in [4.69, 9.17) is 0 Å². The van der Waals surface area contributed by atoms with E-state index in [0.29, 0.717) is 11.4 Å². The fourth-order valence-corrected chi connectivity index (χ4v) is 1.85. The molecule has 0 aliphatic heterocycles. The number of amides is 2. The lowest BCUT2D eigenvalue weighted by molar-refractivity contribution is 0.262. The molecule has 0 saturated carbocycles. The van der Waals surface area contributed by atoms with Crippen LogP contribution in [0.2, 0.25) is 0 Å². The molecule has 6 heteroatoms. The van der Waals surface area contributed by atoms with E-state index in [1.807, 2.05) is 12.1 Å². The maximum Gasteiger partial charge on any atom is 0.323 e. The lowest BCUT2D eigenvalue weighted by Crippen LogP contribution is -2.19. The standard InChI is InChI=1S/C13H11IN2O3/c14-8-1-3-9(4-2-8)15-13(19)16-10-5-11(17)7-12(18)6-10/h1-7,17-18H,(H2,15,16,19). The summed E-state index contributed by atoms with van der Waals surface area (Å²) >= 11 is 2.17. The maximum absolute atomic E-state index is 11.7. The van der Waals surface area contributed by atoms with Crippen LogP contribution in [-0.2, 0) is 0 Å². The van der Waals surface area contributed by atoms with Gasteiger partial charge in [0, 0.05) is 33.1 Å². The van der Waals surface area contributed by atoms with Crippen molar-refractivity contribution in [3.05, 3.63) is 46.0 Å². The Kier molecular flexibility index (Phi) is 4.10. The van der Waals surface area contributed by atoms with Crippen LogP contribution in [0.15, 0.2) is 42.5 Å². The van der Waals surface area contributed by atoms with Crippen LogP contribution in [0.4, 0.5) is 16.2 Å². The summed E-state index contributed by atoms with van der Waals surface area (Å²) in [6.45, 7) is 0. The Labute approximate surface area is 123 Å². The van der Waals surface area contributed by atoms with Crippen molar-refractivity contribution < 1.29 is 15.0 Å². The molecular weight excluding hydrogens is 359 g/mol. The Morgan fingerprint density at radius 2 is 1.42 bits per heavy atom. The highest BCUT2D eigenvalue weighted by molar-refractivity contribution is 14.1. The van der Waals surface area contributed by atoms with Gasteiger partial charge in [-0.25, -0.2) is 4.79 Å². The first kappa shape index (κ1) is 13.5. The molecule has 98 valence electrons. The molecule has 0 aromatic heterocycles. The summed E-state index contributed by atoms with van der Waals surface area (Å²) in [6.07, 6.45) is 0. The highest BCUT2D eigenvalue weighted by atomic mass is 127. The lowest BCUT2D eigenvalue weighted by Gasteiger charge is -2.08. The first-order valence-electron chi connectivity index (χ1n) is 5.39. The van der Waals surface area contributed by atoms with Gasteiger partial charge >= 0.3 is 6.03 Å². The molecule has 0 bridgehead atoms. The number of nitrogens with one attached hydrogen (secondary N) is 2. The van der Waals surface area contributed by atoms with Gasteiger partial charge in [0.25, 0.3) is 0 Å². The third-order valence-corrected chi connectivity index (χ3v) is 2.98. The van der Waals surface area contributed by atoms with Crippen LogP contribution in [0.1, 0.15) is 0 Å². The number of phenolic OH excluding ortho intramolecular Hbond substituents is 2. The van der Waals surface area contributed by atoms with E-state index >= 15 is 0 Å². The zero-order valence-electron chi connectivity index (χ0n) is 9.72. The zero-order valence-corrected chi connectivity index (χ0v) is 11.9. The number of phenols is 2. The summed E-state index contributed by atoms with van der Waals surface area (Å²) < 4.78 is 1.07. The lowest BCUT2D eigenvalue weighted by atomic mass is 10.3. The van der Waals surface area contributed by atoms with Crippen molar-refractivity contribution in [2.45, 2.75) is 0 Å². The van der Waals surface area contributed by atoms with Crippen molar-refractivity contribution in [1.29, 1.82) is 0 Å². The molecule has 2 rings (SSSR count). The largest absolute Gasteiger partial charge is 0.508 e. The van der Waals surface area contributed by atoms with Crippen LogP contribution < -0.4 is 10.6 Å². The molecule has 0 aliphatic rings. The molecular formula is C13H11IN2O3. The Balaban J connectivity index is 2.03. The predicted octanol–water partition coefficient (Wildman–Crippen LogP) is 3.35. The normalized spacial score (nSPS) is 9.95. The van der Waals surface area contributed by atoms with E-state index in [1.54, 1.807) is 12.1 Å². The van der Waals surface area contributed by atoms with Gasteiger partial charge in [-0.2, -0.15) is 0 Å². The number of hydrogen-bond donors (Lipinski definition) is 4. The van der Waals surface area contributed by atoms with Crippen molar-refractivity contribution in [1.82, 2.24) is 0 Å². The molecule has 5 nitrogen and oxygen atoms in total. The molecule has 0 unspecified atom stereocenters. The molecule has 4 N–H and O–H groups in total. The van der Waals surface area contributed by atoms with Crippen molar-refractivity contribution in [2.75, 3.05) is 10.6 Å². The van der Waals surface area contributed by atoms with Crippen molar-refractivity contribution in [3.8, 4) is 11.5 Å². The van der Waals surface area contributed by atoms with Crippen LogP contribution in [-0.4, -0.2) is 16.2 Å². The molecule has 2 amide bonds. The van der Waals surface area contributed by atoms with Gasteiger partial charge in [-0.3, -0.25) is 0 Å². The number of carbonyl (C=O) groups is 1. The number of hydrogen-bond acceptors (Lipinski definition) is 3. The number of rotatable bonds is 2. The summed E-state index contributed by atoms with van der Waals surface area (Å²) in [5.41, 5.74) is 0.961. The minimum absolute atomic E-state index is 0.121. The number of halogens is 1. The Hall–Kier alpha value is -1.96. The molecule has 2 aromatic rings. The van der Waals surface area contributed by atoms with Gasteiger partial charge in [0.2, 0.25) is 0 Å². The van der Waals surface area contributed by atoms with E-state index in [9.17, 15) is 15.0 Å². The van der Waals surface area contributed by atoms with E-state index in [-0.39, 0.29) is 11.5 Å². The van der Waals surface area contributed by atoms with Gasteiger partial charge < -0.3 is 20.8 Å². The quantitative estimate of drug-likeness (QED) is 0.612. The molecule has 0 saturated heterocycles. The number of urea groups is 1. The van der Waals surface area contributed by atoms with Gasteiger partial charge in [0.05, 0.1) is 0 Å². The van der Waals surface area contributed by atoms with Gasteiger partial charge in [0.1, 0.15) is 11.5 Å². The Morgan fingerprint density at radius 3 is 2.00 bits per heavy atom. The summed E-state index contributed by atoms with van der Waals surface area (Å²) in [6, 6.07) is 10.7. The Bertz CT molecular complexity index is 579. The molecule has 0 fully saturated rings. The van der Waals surface area contributed by atoms with Gasteiger partial charge in [-0.05, 0) is 46.9 Å². The third-order valence-electron chi connectivity index (χ3n) is 2.26. The number of benzene rings is 2. The molecule has 0 heterocycles. The summed E-state index contributed by atoms with van der Waals surface area (Å²) in [5.74, 6) is -0.242. The van der Waals surface area contributed by atoms with Crippen molar-refractivity contribution in [3.63, 3.8) is 0 Å². The topological polar surface area (TPSA) is 81.6 Å². The van der Waals surface area contributed by atoms with Gasteiger partial charge in [0.15, 0.2) is 0 Å². The summed E-state index contributed by atoms with van der Waals surface area (Å²) in [7, 11) is 0. The maximum atomic E-state index is 11.7. The second-order valence-electron chi connectivity index (χ2n) is 3.82. The van der Waals surface area contributed by atoms with E-state index in [2.05, 4.69) is 33.2 Å². The van der Waals surface area contributed by atoms with E-state index in [1.165, 1.54) is 18.2 Å². The third kappa shape index (κ3) is 4.02. The van der Waals surface area contributed by atoms with Crippen LogP contribution in [0.3, 0.4) is 0 Å². The van der Waals surface area contributed by atoms with E-state index < -0.39 is 6.03 Å². The van der Waals surface area contributed by atoms with Crippen molar-refractivity contribution in [2.24, 2.45) is 0 Å². The smallest absolute Gasteiger partial charge is 0.323 e. The Morgan fingerprint density at radius 1 is 0.895 bits per heavy atom. The number of anilines is 2. The fraction of sp³-hybridized carbons (Fsp3) is 0. The van der Waals surface area contributed by atoms with Gasteiger partial charge in [-0.1, -0.05) is 0 Å². The minimum Gasteiger partial charge on any atom is -0.508 e. The average molecular weight is 370 g/mol. The minimum atomic E-state index is -0.453. The highest BCUT2D eigenvalue weighted by Crippen LogP contribution is 2.24. The molecule has 0 radical (unpaired) electrons. The first-order chi connectivity index (χ1) is 9.02. The first-order valence-corrected chi connectivity index (χ1v) is 6.47. The SMILES string of the molecule is O=C(Nc1ccc(I)cc1)Nc1cc(O)cc(O)c1. The van der Waals surface area contributed by atoms with Crippen LogP contribution >= 0.6 is 22.6 Å². The van der Waals surface area contributed by atoms with Crippen molar-refractivity contribution >= 4 is 40.0 Å². The molecule has 0 atom stereocenters. The molecule has 2 aromatic carbocycles. The fourth-order valence-electron chi connectivity index (χ4n) is 1.49. The van der Waals surface area contributed by atoms with E-state index in [0.717, 1.165) is 3.57 Å². The number of carbonyl (C=O) groups excluding carboxylic acids is 1. The van der Waals surface area contributed by atoms with Gasteiger partial charge in [-0.15, -0.1) is 0 Å². The highest BCUT2D eigenvalue weighted by Gasteiger charge is 2.05. The van der Waals surface area contributed by atoms with Crippen LogP contribution in [0.5, 0.6) is 11.5 Å². The average Bonchev–Trinajstić information content (AvgIpc) is 2.30. The monoisotopic (exact) mass is 370 g/mol. The second kappa shape index (κ2) is 5.79. The predicted molar refractivity (Wildman–Crippen MR) is 81.6 cm³/mol. The number of aromatic hydroxyl groups is 2. The molecule has 0 aliphatic carbocycles. The zero-order chi connectivity index (χ0) is 13.8. The van der Waals surface area contributed by atoms with Crippen LogP contribution in [0.25, 0.3) is 0 Å². The summed E-state index contributed by atoms with van der Waals surface area (Å²) in [4.78, 5) is 11.7. The molecule has 0 spiro atoms. The molecule has 19 heavy (non-hydrogen) atoms.